The van der Waals surface area contributed by atoms with E-state index in [4.69, 9.17) is 16.6 Å². The van der Waals surface area contributed by atoms with E-state index in [9.17, 15) is 4.79 Å². The Labute approximate surface area is 78.6 Å². The number of hydrogen-bond donors (Lipinski definition) is 3. The van der Waals surface area contributed by atoms with E-state index in [1.54, 1.807) is 6.08 Å². The standard InChI is InChI=1S/C9H18N2O2/c1-2-4-7(10)5-3-6-8(11)9(12)13/h2,7-8H,1,3-6,10-11H2,(H,12,13). The molecule has 0 aliphatic rings. The van der Waals surface area contributed by atoms with Gasteiger partial charge in [-0.15, -0.1) is 6.58 Å². The molecule has 5 N–H and O–H groups in total. The summed E-state index contributed by atoms with van der Waals surface area (Å²) in [5, 5.41) is 8.48. The van der Waals surface area contributed by atoms with Gasteiger partial charge in [0, 0.05) is 6.04 Å². The highest BCUT2D eigenvalue weighted by Gasteiger charge is 2.11. The molecule has 0 saturated heterocycles. The first-order valence-electron chi connectivity index (χ1n) is 4.42. The van der Waals surface area contributed by atoms with Crippen molar-refractivity contribution in [2.75, 3.05) is 0 Å². The summed E-state index contributed by atoms with van der Waals surface area (Å²) in [4.78, 5) is 10.3. The first-order valence-corrected chi connectivity index (χ1v) is 4.42. The number of carboxylic acids is 1. The Morgan fingerprint density at radius 3 is 2.54 bits per heavy atom. The molecule has 0 aromatic rings. The maximum Gasteiger partial charge on any atom is 0.320 e. The molecule has 0 aliphatic carbocycles. The fourth-order valence-corrected chi connectivity index (χ4v) is 1.06. The number of carboxylic acid groups (broad SMARTS) is 1. The summed E-state index contributed by atoms with van der Waals surface area (Å²) in [7, 11) is 0. The van der Waals surface area contributed by atoms with Gasteiger partial charge in [-0.3, -0.25) is 4.79 Å². The van der Waals surface area contributed by atoms with E-state index in [2.05, 4.69) is 6.58 Å². The summed E-state index contributed by atoms with van der Waals surface area (Å²) >= 11 is 0. The van der Waals surface area contributed by atoms with Crippen LogP contribution in [0, 0.1) is 0 Å². The lowest BCUT2D eigenvalue weighted by Gasteiger charge is -2.09. The molecule has 2 unspecified atom stereocenters. The zero-order valence-electron chi connectivity index (χ0n) is 7.78. The van der Waals surface area contributed by atoms with Crippen LogP contribution in [0.4, 0.5) is 0 Å². The smallest absolute Gasteiger partial charge is 0.320 e. The fraction of sp³-hybridized carbons (Fsp3) is 0.667. The van der Waals surface area contributed by atoms with Gasteiger partial charge in [-0.05, 0) is 25.7 Å². The first kappa shape index (κ1) is 12.1. The molecule has 4 nitrogen and oxygen atoms in total. The van der Waals surface area contributed by atoms with Crippen molar-refractivity contribution >= 4 is 5.97 Å². The minimum Gasteiger partial charge on any atom is -0.480 e. The molecule has 76 valence electrons. The van der Waals surface area contributed by atoms with Crippen molar-refractivity contribution in [1.29, 1.82) is 0 Å². The van der Waals surface area contributed by atoms with Crippen LogP contribution in [0.3, 0.4) is 0 Å². The van der Waals surface area contributed by atoms with E-state index in [1.807, 2.05) is 0 Å². The predicted octanol–water partition coefficient (Wildman–Crippen LogP) is 0.472. The highest BCUT2D eigenvalue weighted by molar-refractivity contribution is 5.72. The number of carbonyl (C=O) groups is 1. The largest absolute Gasteiger partial charge is 0.480 e. The number of nitrogens with two attached hydrogens (primary N) is 2. The van der Waals surface area contributed by atoms with E-state index >= 15 is 0 Å². The summed E-state index contributed by atoms with van der Waals surface area (Å²) in [6.45, 7) is 3.57. The number of hydrogen-bond acceptors (Lipinski definition) is 3. The monoisotopic (exact) mass is 186 g/mol. The lowest BCUT2D eigenvalue weighted by atomic mass is 10.0. The van der Waals surface area contributed by atoms with Gasteiger partial charge in [0.1, 0.15) is 6.04 Å². The predicted molar refractivity (Wildman–Crippen MR) is 52.3 cm³/mol. The van der Waals surface area contributed by atoms with E-state index < -0.39 is 12.0 Å². The molecular weight excluding hydrogens is 168 g/mol. The van der Waals surface area contributed by atoms with Crippen LogP contribution in [0.5, 0.6) is 0 Å². The Morgan fingerprint density at radius 2 is 2.08 bits per heavy atom. The van der Waals surface area contributed by atoms with E-state index in [0.29, 0.717) is 6.42 Å². The zero-order chi connectivity index (χ0) is 10.3. The maximum atomic E-state index is 10.3. The lowest BCUT2D eigenvalue weighted by Crippen LogP contribution is -2.30. The number of aliphatic carboxylic acids is 1. The SMILES string of the molecule is C=CCC(N)CCCC(N)C(=O)O. The highest BCUT2D eigenvalue weighted by atomic mass is 16.4. The third-order valence-electron chi connectivity index (χ3n) is 1.88. The summed E-state index contributed by atoms with van der Waals surface area (Å²) in [5.41, 5.74) is 11.0. The van der Waals surface area contributed by atoms with Crippen LogP contribution in [-0.4, -0.2) is 23.2 Å². The Balaban J connectivity index is 3.44. The van der Waals surface area contributed by atoms with Gasteiger partial charge in [0.25, 0.3) is 0 Å². The molecule has 0 spiro atoms. The normalized spacial score (nSPS) is 14.9. The van der Waals surface area contributed by atoms with Gasteiger partial charge >= 0.3 is 5.97 Å². The topological polar surface area (TPSA) is 89.3 Å². The third-order valence-corrected chi connectivity index (χ3v) is 1.88. The van der Waals surface area contributed by atoms with Gasteiger partial charge in [0.05, 0.1) is 0 Å². The summed E-state index contributed by atoms with van der Waals surface area (Å²) in [6, 6.07) is -0.672. The van der Waals surface area contributed by atoms with Crippen LogP contribution in [0.25, 0.3) is 0 Å². The average molecular weight is 186 g/mol. The molecule has 4 heteroatoms. The summed E-state index contributed by atoms with van der Waals surface area (Å²) < 4.78 is 0. The summed E-state index contributed by atoms with van der Waals surface area (Å²) in [6.07, 6.45) is 4.57. The molecule has 0 aliphatic heterocycles. The van der Waals surface area contributed by atoms with Crippen molar-refractivity contribution in [3.05, 3.63) is 12.7 Å². The van der Waals surface area contributed by atoms with Crippen molar-refractivity contribution in [3.8, 4) is 0 Å². The van der Waals surface area contributed by atoms with Crippen molar-refractivity contribution in [1.82, 2.24) is 0 Å². The van der Waals surface area contributed by atoms with Gasteiger partial charge in [0.2, 0.25) is 0 Å². The molecule has 0 aromatic heterocycles. The molecule has 0 fully saturated rings. The van der Waals surface area contributed by atoms with Crippen molar-refractivity contribution in [2.24, 2.45) is 11.5 Å². The highest BCUT2D eigenvalue weighted by Crippen LogP contribution is 2.04. The Morgan fingerprint density at radius 1 is 1.46 bits per heavy atom. The molecule has 2 atom stereocenters. The second-order valence-corrected chi connectivity index (χ2v) is 3.16. The van der Waals surface area contributed by atoms with Crippen LogP contribution in [0.1, 0.15) is 25.7 Å². The first-order chi connectivity index (χ1) is 6.07. The lowest BCUT2D eigenvalue weighted by molar-refractivity contribution is -0.138. The molecule has 13 heavy (non-hydrogen) atoms. The summed E-state index contributed by atoms with van der Waals surface area (Å²) in [5.74, 6) is -0.947. The molecular formula is C9H18N2O2. The van der Waals surface area contributed by atoms with Crippen LogP contribution in [0.2, 0.25) is 0 Å². The molecule has 0 radical (unpaired) electrons. The fourth-order valence-electron chi connectivity index (χ4n) is 1.06. The zero-order valence-corrected chi connectivity index (χ0v) is 7.78. The van der Waals surface area contributed by atoms with Crippen molar-refractivity contribution in [2.45, 2.75) is 37.8 Å². The average Bonchev–Trinajstić information content (AvgIpc) is 2.04. The van der Waals surface area contributed by atoms with Crippen molar-refractivity contribution < 1.29 is 9.90 Å². The maximum absolute atomic E-state index is 10.3. The quantitative estimate of drug-likeness (QED) is 0.504. The molecule has 0 saturated carbocycles. The minimum atomic E-state index is -0.947. The number of rotatable bonds is 7. The third kappa shape index (κ3) is 6.31. The second kappa shape index (κ2) is 6.62. The van der Waals surface area contributed by atoms with Crippen LogP contribution < -0.4 is 11.5 Å². The Bertz CT molecular complexity index is 171. The van der Waals surface area contributed by atoms with Crippen LogP contribution in [0.15, 0.2) is 12.7 Å². The Hall–Kier alpha value is -0.870. The Kier molecular flexibility index (Phi) is 6.18. The molecule has 0 rings (SSSR count). The molecule has 0 bridgehead atoms. The van der Waals surface area contributed by atoms with Gasteiger partial charge in [-0.1, -0.05) is 6.08 Å². The minimum absolute atomic E-state index is 0.0819. The molecule has 0 heterocycles. The van der Waals surface area contributed by atoms with E-state index in [-0.39, 0.29) is 6.04 Å². The second-order valence-electron chi connectivity index (χ2n) is 3.16. The molecule has 0 amide bonds. The van der Waals surface area contributed by atoms with E-state index in [1.165, 1.54) is 0 Å². The molecule has 0 aromatic carbocycles. The van der Waals surface area contributed by atoms with Gasteiger partial charge in [0.15, 0.2) is 0 Å². The van der Waals surface area contributed by atoms with Crippen molar-refractivity contribution in [3.63, 3.8) is 0 Å². The van der Waals surface area contributed by atoms with Crippen LogP contribution >= 0.6 is 0 Å². The van der Waals surface area contributed by atoms with Crippen LogP contribution in [-0.2, 0) is 4.79 Å². The van der Waals surface area contributed by atoms with Gasteiger partial charge in [-0.25, -0.2) is 0 Å². The van der Waals surface area contributed by atoms with Gasteiger partial charge in [-0.2, -0.15) is 0 Å². The van der Waals surface area contributed by atoms with Gasteiger partial charge < -0.3 is 16.6 Å². The van der Waals surface area contributed by atoms with E-state index in [0.717, 1.165) is 19.3 Å².